The summed E-state index contributed by atoms with van der Waals surface area (Å²) in [6, 6.07) is 0.320. The smallest absolute Gasteiger partial charge is 0.323 e. The highest BCUT2D eigenvalue weighted by molar-refractivity contribution is 5.38. The molecule has 0 saturated heterocycles. The maximum Gasteiger partial charge on any atom is 0.323 e. The molecular formula is C13H25N5O2. The maximum atomic E-state index is 9.17. The predicted octanol–water partition coefficient (Wildman–Crippen LogP) is 1.30. The van der Waals surface area contributed by atoms with Crippen molar-refractivity contribution >= 4 is 11.9 Å². The van der Waals surface area contributed by atoms with E-state index in [2.05, 4.69) is 27.2 Å². The lowest BCUT2D eigenvalue weighted by Gasteiger charge is -2.22. The number of aliphatic hydroxyl groups excluding tert-OH is 1. The fourth-order valence-electron chi connectivity index (χ4n) is 1.64. The third kappa shape index (κ3) is 5.16. The maximum absolute atomic E-state index is 9.17. The van der Waals surface area contributed by atoms with Crippen LogP contribution in [0.1, 0.15) is 33.1 Å². The van der Waals surface area contributed by atoms with E-state index in [1.807, 2.05) is 11.8 Å². The van der Waals surface area contributed by atoms with Crippen molar-refractivity contribution in [3.05, 3.63) is 0 Å². The fourth-order valence-corrected chi connectivity index (χ4v) is 1.64. The number of unbranched alkanes of at least 4 members (excludes halogenated alkanes) is 1. The second-order valence-corrected chi connectivity index (χ2v) is 4.40. The van der Waals surface area contributed by atoms with Gasteiger partial charge in [0, 0.05) is 20.1 Å². The van der Waals surface area contributed by atoms with Crippen LogP contribution in [0.25, 0.3) is 0 Å². The fraction of sp³-hybridized carbons (Fsp3) is 0.769. The van der Waals surface area contributed by atoms with Crippen molar-refractivity contribution in [3.63, 3.8) is 0 Å². The average molecular weight is 283 g/mol. The molecule has 0 aliphatic rings. The Morgan fingerprint density at radius 1 is 1.15 bits per heavy atom. The number of anilines is 2. The molecule has 0 atom stereocenters. The van der Waals surface area contributed by atoms with Crippen LogP contribution in [0.15, 0.2) is 0 Å². The Balaban J connectivity index is 2.92. The zero-order valence-corrected chi connectivity index (χ0v) is 12.6. The van der Waals surface area contributed by atoms with Crippen molar-refractivity contribution in [1.82, 2.24) is 15.0 Å². The largest absolute Gasteiger partial charge is 0.463 e. The highest BCUT2D eigenvalue weighted by atomic mass is 16.5. The summed E-state index contributed by atoms with van der Waals surface area (Å²) in [7, 11) is 1.76. The van der Waals surface area contributed by atoms with Crippen LogP contribution in [-0.4, -0.2) is 53.4 Å². The first-order valence-corrected chi connectivity index (χ1v) is 7.17. The van der Waals surface area contributed by atoms with Crippen LogP contribution in [0, 0.1) is 0 Å². The van der Waals surface area contributed by atoms with Gasteiger partial charge in [-0.15, -0.1) is 0 Å². The third-order valence-corrected chi connectivity index (χ3v) is 2.70. The number of hydrogen-bond acceptors (Lipinski definition) is 7. The summed E-state index contributed by atoms with van der Waals surface area (Å²) in [4.78, 5) is 14.8. The van der Waals surface area contributed by atoms with E-state index in [4.69, 9.17) is 4.74 Å². The van der Waals surface area contributed by atoms with Crippen LogP contribution in [0.4, 0.5) is 11.9 Å². The molecule has 2 N–H and O–H groups in total. The molecule has 114 valence electrons. The Bertz CT molecular complexity index is 389. The summed E-state index contributed by atoms with van der Waals surface area (Å²) >= 11 is 0. The summed E-state index contributed by atoms with van der Waals surface area (Å²) in [6.07, 6.45) is 2.99. The van der Waals surface area contributed by atoms with Crippen LogP contribution < -0.4 is 15.0 Å². The SMILES string of the molecule is CCCCN(CCO)c1nc(NC)nc(OCCC)n1. The number of aromatic nitrogens is 3. The molecule has 0 aliphatic carbocycles. The molecule has 0 saturated carbocycles. The number of nitrogens with zero attached hydrogens (tertiary/aromatic N) is 4. The van der Waals surface area contributed by atoms with Crippen molar-refractivity contribution in [1.29, 1.82) is 0 Å². The van der Waals surface area contributed by atoms with Gasteiger partial charge in [0.1, 0.15) is 0 Å². The van der Waals surface area contributed by atoms with Gasteiger partial charge in [0.2, 0.25) is 11.9 Å². The molecule has 7 nitrogen and oxygen atoms in total. The summed E-state index contributed by atoms with van der Waals surface area (Å²) in [5.74, 6) is 1.01. The van der Waals surface area contributed by atoms with Gasteiger partial charge >= 0.3 is 6.01 Å². The number of aliphatic hydroxyl groups is 1. The van der Waals surface area contributed by atoms with E-state index in [0.717, 1.165) is 25.8 Å². The van der Waals surface area contributed by atoms with E-state index >= 15 is 0 Å². The van der Waals surface area contributed by atoms with E-state index in [1.165, 1.54) is 0 Å². The number of hydrogen-bond donors (Lipinski definition) is 2. The zero-order chi connectivity index (χ0) is 14.8. The second-order valence-electron chi connectivity index (χ2n) is 4.40. The average Bonchev–Trinajstić information content (AvgIpc) is 2.49. The van der Waals surface area contributed by atoms with E-state index in [0.29, 0.717) is 31.1 Å². The highest BCUT2D eigenvalue weighted by Gasteiger charge is 2.13. The second kappa shape index (κ2) is 9.30. The predicted molar refractivity (Wildman–Crippen MR) is 79.4 cm³/mol. The van der Waals surface area contributed by atoms with Crippen LogP contribution in [0.2, 0.25) is 0 Å². The van der Waals surface area contributed by atoms with Gasteiger partial charge in [-0.1, -0.05) is 20.3 Å². The van der Waals surface area contributed by atoms with Crippen LogP contribution >= 0.6 is 0 Å². The van der Waals surface area contributed by atoms with Crippen LogP contribution in [0.3, 0.4) is 0 Å². The molecule has 7 heteroatoms. The zero-order valence-electron chi connectivity index (χ0n) is 12.6. The molecule has 0 bridgehead atoms. The lowest BCUT2D eigenvalue weighted by atomic mass is 10.3. The van der Waals surface area contributed by atoms with Crippen molar-refractivity contribution in [3.8, 4) is 6.01 Å². The normalized spacial score (nSPS) is 10.4. The minimum absolute atomic E-state index is 0.0649. The monoisotopic (exact) mass is 283 g/mol. The molecule has 0 aromatic carbocycles. The Morgan fingerprint density at radius 2 is 1.95 bits per heavy atom. The highest BCUT2D eigenvalue weighted by Crippen LogP contribution is 2.15. The molecule has 1 rings (SSSR count). The molecule has 1 heterocycles. The van der Waals surface area contributed by atoms with Crippen LogP contribution in [0.5, 0.6) is 6.01 Å². The van der Waals surface area contributed by atoms with Crippen molar-refractivity contribution in [2.75, 3.05) is 43.6 Å². The lowest BCUT2D eigenvalue weighted by molar-refractivity contribution is 0.289. The number of ether oxygens (including phenoxy) is 1. The standard InChI is InChI=1S/C13H25N5O2/c1-4-6-7-18(8-9-19)12-15-11(14-3)16-13(17-12)20-10-5-2/h19H,4-10H2,1-3H3,(H,14,15,16,17). The summed E-state index contributed by atoms with van der Waals surface area (Å²) in [5.41, 5.74) is 0. The third-order valence-electron chi connectivity index (χ3n) is 2.70. The van der Waals surface area contributed by atoms with Crippen molar-refractivity contribution in [2.24, 2.45) is 0 Å². The number of rotatable bonds is 10. The van der Waals surface area contributed by atoms with Gasteiger partial charge in [0.05, 0.1) is 13.2 Å². The Morgan fingerprint density at radius 3 is 2.55 bits per heavy atom. The van der Waals surface area contributed by atoms with E-state index in [-0.39, 0.29) is 6.61 Å². The minimum Gasteiger partial charge on any atom is -0.463 e. The van der Waals surface area contributed by atoms with Crippen molar-refractivity contribution in [2.45, 2.75) is 33.1 Å². The molecule has 0 radical (unpaired) electrons. The Hall–Kier alpha value is -1.63. The summed E-state index contributed by atoms with van der Waals surface area (Å²) < 4.78 is 5.48. The lowest BCUT2D eigenvalue weighted by Crippen LogP contribution is -2.30. The molecule has 20 heavy (non-hydrogen) atoms. The summed E-state index contributed by atoms with van der Waals surface area (Å²) in [6.45, 7) is 6.09. The molecular weight excluding hydrogens is 258 g/mol. The van der Waals surface area contributed by atoms with Gasteiger partial charge in [0.15, 0.2) is 0 Å². The molecule has 1 aromatic rings. The van der Waals surface area contributed by atoms with E-state index in [1.54, 1.807) is 7.05 Å². The van der Waals surface area contributed by atoms with Gasteiger partial charge < -0.3 is 20.1 Å². The molecule has 0 spiro atoms. The van der Waals surface area contributed by atoms with Crippen LogP contribution in [-0.2, 0) is 0 Å². The van der Waals surface area contributed by atoms with E-state index < -0.39 is 0 Å². The topological polar surface area (TPSA) is 83.4 Å². The quantitative estimate of drug-likeness (QED) is 0.669. The Kier molecular flexibility index (Phi) is 7.64. The van der Waals surface area contributed by atoms with Crippen molar-refractivity contribution < 1.29 is 9.84 Å². The van der Waals surface area contributed by atoms with E-state index in [9.17, 15) is 5.11 Å². The summed E-state index contributed by atoms with van der Waals surface area (Å²) in [5, 5.41) is 12.1. The first-order valence-electron chi connectivity index (χ1n) is 7.17. The molecule has 0 aliphatic heterocycles. The first kappa shape index (κ1) is 16.4. The molecule has 0 fully saturated rings. The van der Waals surface area contributed by atoms with Gasteiger partial charge in [-0.05, 0) is 12.8 Å². The number of nitrogens with one attached hydrogen (secondary N) is 1. The minimum atomic E-state index is 0.0649. The van der Waals surface area contributed by atoms with Gasteiger partial charge in [-0.2, -0.15) is 15.0 Å². The molecule has 0 amide bonds. The van der Waals surface area contributed by atoms with Gasteiger partial charge in [-0.25, -0.2) is 0 Å². The van der Waals surface area contributed by atoms with Gasteiger partial charge in [-0.3, -0.25) is 0 Å². The Labute approximate surface area is 120 Å². The van der Waals surface area contributed by atoms with Gasteiger partial charge in [0.25, 0.3) is 0 Å². The molecule has 0 unspecified atom stereocenters. The molecule has 1 aromatic heterocycles. The first-order chi connectivity index (χ1) is 9.74.